The van der Waals surface area contributed by atoms with E-state index >= 15 is 0 Å². The summed E-state index contributed by atoms with van der Waals surface area (Å²) in [6, 6.07) is 14.2. The minimum Gasteiger partial charge on any atom is -0.496 e. The molecule has 2 nitrogen and oxygen atoms in total. The average molecular weight is 291 g/mol. The molecule has 3 heteroatoms. The quantitative estimate of drug-likeness (QED) is 0.568. The number of ether oxygens (including phenoxy) is 2. The van der Waals surface area contributed by atoms with Crippen LogP contribution in [0.2, 0.25) is 0 Å². The van der Waals surface area contributed by atoms with Crippen LogP contribution in [0.4, 0.5) is 0 Å². The Labute approximate surface area is 125 Å². The number of rotatable bonds is 6. The van der Waals surface area contributed by atoms with E-state index in [0.29, 0.717) is 12.5 Å². The molecular formula is C17H19ClO2. The first-order valence-electron chi connectivity index (χ1n) is 6.68. The lowest BCUT2D eigenvalue weighted by molar-refractivity contribution is 0.318. The number of benzene rings is 2. The molecule has 0 unspecified atom stereocenters. The zero-order chi connectivity index (χ0) is 14.4. The second kappa shape index (κ2) is 7.20. The van der Waals surface area contributed by atoms with Crippen LogP contribution in [0.15, 0.2) is 42.5 Å². The van der Waals surface area contributed by atoms with Crippen LogP contribution in [0.3, 0.4) is 0 Å². The second-order valence-electron chi connectivity index (χ2n) is 4.62. The van der Waals surface area contributed by atoms with E-state index in [1.807, 2.05) is 30.3 Å². The minimum absolute atomic E-state index is 0.616. The Hall–Kier alpha value is -1.67. The van der Waals surface area contributed by atoms with Gasteiger partial charge in [0.15, 0.2) is 0 Å². The van der Waals surface area contributed by atoms with E-state index in [4.69, 9.17) is 21.1 Å². The van der Waals surface area contributed by atoms with Crippen molar-refractivity contribution in [3.8, 4) is 22.6 Å². The Kier molecular flexibility index (Phi) is 5.31. The number of methoxy groups -OCH3 is 1. The molecule has 0 fully saturated rings. The normalized spacial score (nSPS) is 10.3. The molecule has 0 bridgehead atoms. The SMILES string of the molecule is COc1ccc(C)cc1-c1cccc(OCCCCl)c1. The van der Waals surface area contributed by atoms with Crippen LogP contribution >= 0.6 is 11.6 Å². The lowest BCUT2D eigenvalue weighted by atomic mass is 10.0. The molecule has 0 aliphatic heterocycles. The number of halogens is 1. The predicted molar refractivity (Wildman–Crippen MR) is 84.0 cm³/mol. The fraction of sp³-hybridized carbons (Fsp3) is 0.294. The predicted octanol–water partition coefficient (Wildman–Crippen LogP) is 4.68. The third-order valence-electron chi connectivity index (χ3n) is 3.05. The molecule has 0 saturated heterocycles. The first kappa shape index (κ1) is 14.7. The minimum atomic E-state index is 0.616. The van der Waals surface area contributed by atoms with Crippen LogP contribution in [0.1, 0.15) is 12.0 Å². The van der Waals surface area contributed by atoms with E-state index in [1.54, 1.807) is 7.11 Å². The summed E-state index contributed by atoms with van der Waals surface area (Å²) in [5.74, 6) is 2.34. The van der Waals surface area contributed by atoms with Crippen LogP contribution < -0.4 is 9.47 Å². The van der Waals surface area contributed by atoms with Gasteiger partial charge in [-0.1, -0.05) is 23.8 Å². The number of hydrogen-bond donors (Lipinski definition) is 0. The molecule has 2 rings (SSSR count). The zero-order valence-electron chi connectivity index (χ0n) is 11.9. The molecule has 2 aromatic rings. The van der Waals surface area contributed by atoms with Gasteiger partial charge in [0.25, 0.3) is 0 Å². The topological polar surface area (TPSA) is 18.5 Å². The summed E-state index contributed by atoms with van der Waals surface area (Å²) in [5, 5.41) is 0. The van der Waals surface area contributed by atoms with Crippen LogP contribution in [0.5, 0.6) is 11.5 Å². The molecule has 0 aliphatic rings. The summed E-state index contributed by atoms with van der Waals surface area (Å²) in [6.07, 6.45) is 0.847. The highest BCUT2D eigenvalue weighted by Crippen LogP contribution is 2.32. The summed E-state index contributed by atoms with van der Waals surface area (Å²) in [7, 11) is 1.69. The Morgan fingerprint density at radius 3 is 2.70 bits per heavy atom. The van der Waals surface area contributed by atoms with Crippen molar-refractivity contribution < 1.29 is 9.47 Å². The van der Waals surface area contributed by atoms with Crippen LogP contribution in [0.25, 0.3) is 11.1 Å². The van der Waals surface area contributed by atoms with Gasteiger partial charge in [0.2, 0.25) is 0 Å². The Morgan fingerprint density at radius 2 is 1.95 bits per heavy atom. The molecule has 0 spiro atoms. The third kappa shape index (κ3) is 3.67. The smallest absolute Gasteiger partial charge is 0.126 e. The van der Waals surface area contributed by atoms with Gasteiger partial charge < -0.3 is 9.47 Å². The second-order valence-corrected chi connectivity index (χ2v) is 5.00. The van der Waals surface area contributed by atoms with Crippen molar-refractivity contribution in [3.05, 3.63) is 48.0 Å². The van der Waals surface area contributed by atoms with Crippen LogP contribution in [-0.2, 0) is 0 Å². The van der Waals surface area contributed by atoms with Gasteiger partial charge in [-0.2, -0.15) is 0 Å². The van der Waals surface area contributed by atoms with Gasteiger partial charge in [-0.3, -0.25) is 0 Å². The highest BCUT2D eigenvalue weighted by atomic mass is 35.5. The molecule has 0 atom stereocenters. The molecule has 20 heavy (non-hydrogen) atoms. The van der Waals surface area contributed by atoms with Crippen molar-refractivity contribution in [3.63, 3.8) is 0 Å². The maximum atomic E-state index is 5.69. The molecule has 106 valence electrons. The Balaban J connectivity index is 2.28. The van der Waals surface area contributed by atoms with Crippen LogP contribution in [0, 0.1) is 6.92 Å². The van der Waals surface area contributed by atoms with E-state index in [2.05, 4.69) is 19.1 Å². The van der Waals surface area contributed by atoms with Crippen molar-refractivity contribution in [1.82, 2.24) is 0 Å². The Morgan fingerprint density at radius 1 is 1.10 bits per heavy atom. The molecule has 0 N–H and O–H groups in total. The number of alkyl halides is 1. The van der Waals surface area contributed by atoms with Gasteiger partial charge in [-0.25, -0.2) is 0 Å². The van der Waals surface area contributed by atoms with Gasteiger partial charge in [-0.05, 0) is 43.2 Å². The van der Waals surface area contributed by atoms with E-state index in [0.717, 1.165) is 29.0 Å². The van der Waals surface area contributed by atoms with E-state index in [-0.39, 0.29) is 0 Å². The van der Waals surface area contributed by atoms with E-state index in [9.17, 15) is 0 Å². The first-order valence-corrected chi connectivity index (χ1v) is 7.22. The summed E-state index contributed by atoms with van der Waals surface area (Å²) in [5.41, 5.74) is 3.37. The maximum absolute atomic E-state index is 5.69. The molecule has 0 saturated carbocycles. The van der Waals surface area contributed by atoms with Crippen molar-refractivity contribution in [2.24, 2.45) is 0 Å². The van der Waals surface area contributed by atoms with Gasteiger partial charge in [0.1, 0.15) is 11.5 Å². The summed E-state index contributed by atoms with van der Waals surface area (Å²) < 4.78 is 11.1. The first-order chi connectivity index (χ1) is 9.74. The van der Waals surface area contributed by atoms with Crippen molar-refractivity contribution >= 4 is 11.6 Å². The highest BCUT2D eigenvalue weighted by Gasteiger charge is 2.07. The zero-order valence-corrected chi connectivity index (χ0v) is 12.6. The molecule has 0 aromatic heterocycles. The maximum Gasteiger partial charge on any atom is 0.126 e. The molecule has 0 amide bonds. The molecule has 0 radical (unpaired) electrons. The van der Waals surface area contributed by atoms with Gasteiger partial charge in [0, 0.05) is 11.4 Å². The summed E-state index contributed by atoms with van der Waals surface area (Å²) in [4.78, 5) is 0. The fourth-order valence-corrected chi connectivity index (χ4v) is 2.15. The largest absolute Gasteiger partial charge is 0.496 e. The van der Waals surface area contributed by atoms with Crippen molar-refractivity contribution in [1.29, 1.82) is 0 Å². The van der Waals surface area contributed by atoms with Crippen LogP contribution in [-0.4, -0.2) is 19.6 Å². The Bertz CT molecular complexity index is 567. The van der Waals surface area contributed by atoms with Gasteiger partial charge in [-0.15, -0.1) is 11.6 Å². The highest BCUT2D eigenvalue weighted by molar-refractivity contribution is 6.17. The molecule has 0 aliphatic carbocycles. The molecular weight excluding hydrogens is 272 g/mol. The van der Waals surface area contributed by atoms with E-state index in [1.165, 1.54) is 5.56 Å². The third-order valence-corrected chi connectivity index (χ3v) is 3.31. The monoisotopic (exact) mass is 290 g/mol. The summed E-state index contributed by atoms with van der Waals surface area (Å²) >= 11 is 5.66. The van der Waals surface area contributed by atoms with Gasteiger partial charge >= 0.3 is 0 Å². The molecule has 2 aromatic carbocycles. The fourth-order valence-electron chi connectivity index (χ4n) is 2.05. The standard InChI is InChI=1S/C17H19ClO2/c1-13-7-8-17(19-2)16(11-13)14-5-3-6-15(12-14)20-10-4-9-18/h3,5-8,11-12H,4,9-10H2,1-2H3. The number of hydrogen-bond acceptors (Lipinski definition) is 2. The molecule has 0 heterocycles. The van der Waals surface area contributed by atoms with Crippen molar-refractivity contribution in [2.45, 2.75) is 13.3 Å². The summed E-state index contributed by atoms with van der Waals surface area (Å²) in [6.45, 7) is 2.71. The lowest BCUT2D eigenvalue weighted by Gasteiger charge is -2.11. The average Bonchev–Trinajstić information content (AvgIpc) is 2.48. The number of aryl methyl sites for hydroxylation is 1. The van der Waals surface area contributed by atoms with Gasteiger partial charge in [0.05, 0.1) is 13.7 Å². The van der Waals surface area contributed by atoms with Crippen molar-refractivity contribution in [2.75, 3.05) is 19.6 Å². The van der Waals surface area contributed by atoms with E-state index < -0.39 is 0 Å². The lowest BCUT2D eigenvalue weighted by Crippen LogP contribution is -1.98.